The lowest BCUT2D eigenvalue weighted by atomic mass is 9.98. The lowest BCUT2D eigenvalue weighted by Crippen LogP contribution is -2.51. The monoisotopic (exact) mass is 539 g/mol. The zero-order valence-electron chi connectivity index (χ0n) is 22.3. The van der Waals surface area contributed by atoms with Crippen LogP contribution < -0.4 is 15.0 Å². The number of nitrogens with one attached hydrogen (secondary N) is 1. The van der Waals surface area contributed by atoms with E-state index in [2.05, 4.69) is 33.1 Å². The van der Waals surface area contributed by atoms with Crippen LogP contribution in [-0.4, -0.2) is 81.4 Å². The number of fused-ring (bicyclic) bond motifs is 4. The molecule has 3 aliphatic rings. The molecule has 3 atom stereocenters. The highest BCUT2D eigenvalue weighted by molar-refractivity contribution is 6.01. The number of aromatic hydroxyl groups is 1. The van der Waals surface area contributed by atoms with Gasteiger partial charge in [0.25, 0.3) is 0 Å². The van der Waals surface area contributed by atoms with Crippen molar-refractivity contribution in [3.05, 3.63) is 41.8 Å². The Bertz CT molecular complexity index is 1660. The molecule has 5 heterocycles. The first-order valence-electron chi connectivity index (χ1n) is 13.8. The number of nitrogens with zero attached hydrogens (tertiary/aromatic N) is 6. The third-order valence-electron chi connectivity index (χ3n) is 8.44. The Morgan fingerprint density at radius 1 is 1.15 bits per heavy atom. The number of anilines is 1. The molecule has 2 bridgehead atoms. The number of phenols is 1. The van der Waals surface area contributed by atoms with Gasteiger partial charge in [-0.05, 0) is 62.9 Å². The van der Waals surface area contributed by atoms with E-state index in [0.29, 0.717) is 52.1 Å². The molecule has 10 heteroatoms. The molecule has 2 aromatic carbocycles. The van der Waals surface area contributed by atoms with Crippen LogP contribution in [0.15, 0.2) is 30.5 Å². The summed E-state index contributed by atoms with van der Waals surface area (Å²) in [5.41, 5.74) is 0.950. The highest BCUT2D eigenvalue weighted by Crippen LogP contribution is 2.36. The zero-order valence-corrected chi connectivity index (χ0v) is 22.3. The van der Waals surface area contributed by atoms with E-state index in [-0.39, 0.29) is 23.1 Å². The molecule has 4 aromatic rings. The van der Waals surface area contributed by atoms with Gasteiger partial charge < -0.3 is 25.0 Å². The summed E-state index contributed by atoms with van der Waals surface area (Å²) in [4.78, 5) is 23.6. The molecule has 0 radical (unpaired) electrons. The van der Waals surface area contributed by atoms with Crippen LogP contribution in [0.1, 0.15) is 31.2 Å². The van der Waals surface area contributed by atoms with Crippen LogP contribution in [0.2, 0.25) is 0 Å². The second-order valence-corrected chi connectivity index (χ2v) is 11.0. The van der Waals surface area contributed by atoms with Gasteiger partial charge >= 0.3 is 6.01 Å². The molecule has 9 nitrogen and oxygen atoms in total. The number of halogens is 1. The van der Waals surface area contributed by atoms with Crippen LogP contribution in [0.4, 0.5) is 10.2 Å². The Labute approximate surface area is 231 Å². The molecule has 3 fully saturated rings. The summed E-state index contributed by atoms with van der Waals surface area (Å²) in [7, 11) is 2.11. The van der Waals surface area contributed by atoms with Crippen molar-refractivity contribution in [1.29, 1.82) is 0 Å². The van der Waals surface area contributed by atoms with E-state index >= 15 is 0 Å². The third kappa shape index (κ3) is 4.35. The van der Waals surface area contributed by atoms with Crippen LogP contribution in [0.3, 0.4) is 0 Å². The number of benzene rings is 2. The minimum Gasteiger partial charge on any atom is -0.508 e. The Hall–Kier alpha value is -4.07. The van der Waals surface area contributed by atoms with E-state index in [0.717, 1.165) is 51.1 Å². The number of likely N-dealkylation sites (tertiary alicyclic amines) is 1. The summed E-state index contributed by atoms with van der Waals surface area (Å²) in [5.74, 6) is 2.97. The lowest BCUT2D eigenvalue weighted by Gasteiger charge is -2.34. The van der Waals surface area contributed by atoms with E-state index in [1.807, 2.05) is 0 Å². The maximum Gasteiger partial charge on any atom is 0.320 e. The van der Waals surface area contributed by atoms with Crippen molar-refractivity contribution >= 4 is 27.6 Å². The third-order valence-corrected chi connectivity index (χ3v) is 8.44. The van der Waals surface area contributed by atoms with Crippen molar-refractivity contribution in [2.24, 2.45) is 0 Å². The standard InChI is InChI=1S/C30H30FN7O2/c1-3-22-25(31)9-6-17-11-21(39)12-23(26(17)22)27-32-13-24-28(34-27)35-30(40-16-20-5-4-10-37(20)2)36-29(24)38-14-18-7-8-19(15-38)33-18/h1,6,9,11-13,18-20,33,39H,4-5,7-8,10,14-16H2,2H3. The second kappa shape index (κ2) is 9.84. The SMILES string of the molecule is C#Cc1c(F)ccc2cc(O)cc(-c3ncc4c(N5CC6CCC(C5)N6)nc(OCC5CCCN5C)nc4n3)c12. The average molecular weight is 540 g/mol. The van der Waals surface area contributed by atoms with Gasteiger partial charge in [-0.15, -0.1) is 6.42 Å². The number of phenolic OH excluding ortho intramolecular Hbond substituents is 1. The molecule has 204 valence electrons. The molecular weight excluding hydrogens is 509 g/mol. The number of terminal acetylenes is 1. The number of hydrogen-bond donors (Lipinski definition) is 2. The molecule has 0 spiro atoms. The Kier molecular flexibility index (Phi) is 6.13. The summed E-state index contributed by atoms with van der Waals surface area (Å²) in [6.07, 6.45) is 11.9. The zero-order chi connectivity index (χ0) is 27.4. The van der Waals surface area contributed by atoms with Crippen LogP contribution in [0, 0.1) is 18.2 Å². The summed E-state index contributed by atoms with van der Waals surface area (Å²) in [6, 6.07) is 7.35. The van der Waals surface area contributed by atoms with Gasteiger partial charge in [-0.25, -0.2) is 14.4 Å². The van der Waals surface area contributed by atoms with Crippen LogP contribution in [0.25, 0.3) is 33.2 Å². The smallest absolute Gasteiger partial charge is 0.320 e. The van der Waals surface area contributed by atoms with E-state index in [9.17, 15) is 9.50 Å². The maximum atomic E-state index is 14.7. The molecular formula is C30H30FN7O2. The molecule has 7 rings (SSSR count). The van der Waals surface area contributed by atoms with Gasteiger partial charge in [0.05, 0.1) is 10.9 Å². The summed E-state index contributed by atoms with van der Waals surface area (Å²) < 4.78 is 20.9. The summed E-state index contributed by atoms with van der Waals surface area (Å²) in [5, 5.41) is 15.9. The number of rotatable bonds is 5. The minimum atomic E-state index is -0.520. The van der Waals surface area contributed by atoms with Crippen molar-refractivity contribution in [2.75, 3.05) is 38.2 Å². The summed E-state index contributed by atoms with van der Waals surface area (Å²) in [6.45, 7) is 3.21. The Morgan fingerprint density at radius 3 is 2.73 bits per heavy atom. The first-order chi connectivity index (χ1) is 19.5. The maximum absolute atomic E-state index is 14.7. The van der Waals surface area contributed by atoms with E-state index in [4.69, 9.17) is 26.1 Å². The topological polar surface area (TPSA) is 99.5 Å². The van der Waals surface area contributed by atoms with Crippen molar-refractivity contribution in [2.45, 2.75) is 43.8 Å². The number of piperazine rings is 1. The lowest BCUT2D eigenvalue weighted by molar-refractivity contribution is 0.188. The van der Waals surface area contributed by atoms with E-state index < -0.39 is 5.82 Å². The van der Waals surface area contributed by atoms with Crippen LogP contribution in [0.5, 0.6) is 11.8 Å². The van der Waals surface area contributed by atoms with Gasteiger partial charge in [0.2, 0.25) is 0 Å². The van der Waals surface area contributed by atoms with Gasteiger partial charge in [0.1, 0.15) is 24.0 Å². The highest BCUT2D eigenvalue weighted by atomic mass is 19.1. The predicted octanol–water partition coefficient (Wildman–Crippen LogP) is 3.48. The number of likely N-dealkylation sites (N-methyl/N-ethyl adjacent to an activating group) is 1. The number of aromatic nitrogens is 4. The van der Waals surface area contributed by atoms with Gasteiger partial charge in [0.15, 0.2) is 11.5 Å². The first kappa shape index (κ1) is 24.9. The normalized spacial score (nSPS) is 22.7. The minimum absolute atomic E-state index is 0.00477. The fourth-order valence-electron chi connectivity index (χ4n) is 6.39. The fourth-order valence-corrected chi connectivity index (χ4v) is 6.39. The van der Waals surface area contributed by atoms with Crippen molar-refractivity contribution in [3.63, 3.8) is 0 Å². The van der Waals surface area contributed by atoms with Gasteiger partial charge in [-0.2, -0.15) is 9.97 Å². The van der Waals surface area contributed by atoms with Crippen molar-refractivity contribution < 1.29 is 14.2 Å². The molecule has 0 aliphatic carbocycles. The highest BCUT2D eigenvalue weighted by Gasteiger charge is 2.34. The van der Waals surface area contributed by atoms with Crippen molar-refractivity contribution in [3.8, 4) is 35.5 Å². The van der Waals surface area contributed by atoms with Gasteiger partial charge in [-0.1, -0.05) is 12.0 Å². The number of hydrogen-bond acceptors (Lipinski definition) is 9. The van der Waals surface area contributed by atoms with Crippen molar-refractivity contribution in [1.82, 2.24) is 30.2 Å². The molecule has 3 aliphatic heterocycles. The molecule has 0 saturated carbocycles. The molecule has 3 unspecified atom stereocenters. The fraction of sp³-hybridized carbons (Fsp3) is 0.400. The first-order valence-corrected chi connectivity index (χ1v) is 13.8. The molecule has 3 saturated heterocycles. The molecule has 40 heavy (non-hydrogen) atoms. The van der Waals surface area contributed by atoms with Crippen LogP contribution in [-0.2, 0) is 0 Å². The molecule has 0 amide bonds. The largest absolute Gasteiger partial charge is 0.508 e. The molecule has 2 N–H and O–H groups in total. The molecule has 2 aromatic heterocycles. The van der Waals surface area contributed by atoms with E-state index in [1.54, 1.807) is 18.3 Å². The van der Waals surface area contributed by atoms with Gasteiger partial charge in [-0.3, -0.25) is 0 Å². The Morgan fingerprint density at radius 2 is 1.98 bits per heavy atom. The second-order valence-electron chi connectivity index (χ2n) is 11.0. The van der Waals surface area contributed by atoms with Gasteiger partial charge in [0, 0.05) is 48.4 Å². The number of ether oxygens (including phenoxy) is 1. The predicted molar refractivity (Wildman–Crippen MR) is 151 cm³/mol. The Balaban J connectivity index is 1.35. The van der Waals surface area contributed by atoms with Crippen LogP contribution >= 0.6 is 0 Å². The average Bonchev–Trinajstić information content (AvgIpc) is 3.53. The van der Waals surface area contributed by atoms with E-state index in [1.165, 1.54) is 12.1 Å². The quantitative estimate of drug-likeness (QED) is 0.369. The summed E-state index contributed by atoms with van der Waals surface area (Å²) >= 11 is 0.